The summed E-state index contributed by atoms with van der Waals surface area (Å²) in [4.78, 5) is 0. The van der Waals surface area contributed by atoms with Crippen LogP contribution < -0.4 is 18.3 Å². The first-order valence-electron chi connectivity index (χ1n) is 44.7. The molecule has 8 nitrogen and oxygen atoms in total. The molecule has 0 bridgehead atoms. The largest absolute Gasteiger partial charge is 0.456 e. The van der Waals surface area contributed by atoms with E-state index in [2.05, 4.69) is 267 Å². The summed E-state index contributed by atoms with van der Waals surface area (Å²) in [6.45, 7) is 12.4. The van der Waals surface area contributed by atoms with E-state index >= 15 is 0 Å². The van der Waals surface area contributed by atoms with Crippen molar-refractivity contribution in [3.05, 3.63) is 312 Å². The summed E-state index contributed by atoms with van der Waals surface area (Å²) in [6.07, 6.45) is 13.7. The zero-order chi connectivity index (χ0) is 85.1. The number of benzene rings is 12. The van der Waals surface area contributed by atoms with Crippen LogP contribution in [0.15, 0.2) is 291 Å². The van der Waals surface area contributed by atoms with Crippen LogP contribution in [0.3, 0.4) is 0 Å². The van der Waals surface area contributed by atoms with E-state index in [9.17, 15) is 0 Å². The lowest BCUT2D eigenvalue weighted by Crippen LogP contribution is -2.31. The number of furan rings is 4. The number of fused-ring (bicyclic) bond motifs is 16. The predicted octanol–water partition coefficient (Wildman–Crippen LogP) is 27.2. The van der Waals surface area contributed by atoms with Crippen molar-refractivity contribution in [1.29, 1.82) is 0 Å². The van der Waals surface area contributed by atoms with Gasteiger partial charge in [-0.2, -0.15) is 0 Å². The van der Waals surface area contributed by atoms with E-state index in [0.717, 1.165) is 190 Å². The fourth-order valence-corrected chi connectivity index (χ4v) is 18.3. The highest BCUT2D eigenvalue weighted by atomic mass is 16.3. The number of rotatable bonds is 10. The Morgan fingerprint density at radius 2 is 0.556 bits per heavy atom. The van der Waals surface area contributed by atoms with Crippen LogP contribution in [0.1, 0.15) is 119 Å². The molecule has 22 rings (SSSR count). The second-order valence-corrected chi connectivity index (χ2v) is 33.2. The maximum Gasteiger partial charge on any atom is 0.212 e. The van der Waals surface area contributed by atoms with Gasteiger partial charge in [-0.25, -0.2) is 18.3 Å². The van der Waals surface area contributed by atoms with Crippen molar-refractivity contribution in [2.45, 2.75) is 118 Å². The van der Waals surface area contributed by atoms with Crippen molar-refractivity contribution in [3.8, 4) is 45.0 Å². The van der Waals surface area contributed by atoms with Gasteiger partial charge in [0.2, 0.25) is 22.8 Å². The van der Waals surface area contributed by atoms with Crippen LogP contribution in [0.4, 0.5) is 0 Å². The molecule has 0 radical (unpaired) electrons. The molecular formula is C109H102N4O4+4. The van der Waals surface area contributed by atoms with Crippen molar-refractivity contribution < 1.29 is 44.2 Å². The summed E-state index contributed by atoms with van der Waals surface area (Å²) in [5.74, 6) is 0.0853. The van der Waals surface area contributed by atoms with Gasteiger partial charge < -0.3 is 17.7 Å². The van der Waals surface area contributed by atoms with Gasteiger partial charge >= 0.3 is 0 Å². The van der Waals surface area contributed by atoms with Crippen LogP contribution in [0.5, 0.6) is 0 Å². The van der Waals surface area contributed by atoms with Crippen molar-refractivity contribution in [1.82, 2.24) is 0 Å². The standard InChI is InChI=1S/C30H30NO.C29H28NO.C27H26NO.C23H18NO/c1-20-14-26-27-17-23-10-6-7-11-24(23)18-29(27)32-30(26)19-25(20)28-16-22(12-13-31(28)2)15-21-8-4-3-5-9-21;1-19-13-25-26-16-22-9-5-6-10-23(22)17-28(26)31-29(25)18-24(19)27-15-21(11-12-30(27)2)14-20-7-3-4-8-20;1-17(2)11-19-9-10-28(4)25(13-19)22-16-27-23(12-18(22)3)24-14-20-7-5-6-8-21(20)15-26(24)29-27;1-15-11-22-20(14-18(15)21-9-5-6-10-24(21)2)19-12-16-7-3-4-8-17(16)13-23(19)25-22/h6-7,10-14,16-19,21H,3-5,8-9,15H2,1-2H3;5-6,9-13,15-18,20H,3-4,7-8,14H2,1-2H3;5-10,12-17H,11H2,1-4H3;3-14H,1-2H3/q4*+1/i15D2;14D2;11D2;. The predicted molar refractivity (Wildman–Crippen MR) is 485 cm³/mol. The molecule has 2 fully saturated rings. The molecule has 117 heavy (non-hydrogen) atoms. The van der Waals surface area contributed by atoms with Gasteiger partial charge in [-0.1, -0.05) is 169 Å². The van der Waals surface area contributed by atoms with Crippen molar-refractivity contribution in [2.24, 2.45) is 45.9 Å². The van der Waals surface area contributed by atoms with E-state index in [1.807, 2.05) is 94.5 Å². The third kappa shape index (κ3) is 14.8. The summed E-state index contributed by atoms with van der Waals surface area (Å²) in [5.41, 5.74) is 22.8. The molecule has 8 aromatic heterocycles. The molecule has 0 amide bonds. The summed E-state index contributed by atoms with van der Waals surface area (Å²) < 4.78 is 86.1. The Hall–Kier alpha value is -12.5. The average molecular weight is 1540 g/mol. The molecule has 0 aliphatic heterocycles. The molecule has 2 saturated carbocycles. The molecule has 8 heteroatoms. The Bertz CT molecular complexity index is 7580. The SMILES string of the molecule is Cc1cc2oc3cc4ccccc4cc3c2cc1-c1cccc[n+]1C.[2H]C([2H])(c1cc[n+](C)c(-c2cc3oc4cc5ccccc5cc4c3cc2C)c1)C(C)C.[2H]C([2H])(c1cc[n+](C)c(-c2cc3oc4cc5ccccc5cc4c3cc2C)c1)C1CCCC1.[2H]C([2H])(c1cc[n+](C)c(-c2cc3oc4cc5ccccc5cc4c3cc2C)c1)C1CCCCC1. The van der Waals surface area contributed by atoms with Crippen molar-refractivity contribution in [2.75, 3.05) is 0 Å². The van der Waals surface area contributed by atoms with E-state index in [1.54, 1.807) is 0 Å². The fraction of sp³-hybridized carbons (Fsp3) is 0.229. The fourth-order valence-electron chi connectivity index (χ4n) is 18.3. The van der Waals surface area contributed by atoms with Gasteiger partial charge in [0.1, 0.15) is 72.9 Å². The first-order valence-corrected chi connectivity index (χ1v) is 41.7. The second-order valence-electron chi connectivity index (χ2n) is 33.2. The van der Waals surface area contributed by atoms with Gasteiger partial charge in [0.05, 0.1) is 16.7 Å². The zero-order valence-corrected chi connectivity index (χ0v) is 68.5. The van der Waals surface area contributed by atoms with Gasteiger partial charge in [-0.15, -0.1) is 0 Å². The summed E-state index contributed by atoms with van der Waals surface area (Å²) in [7, 11) is 8.14. The van der Waals surface area contributed by atoms with Crippen LogP contribution in [0.25, 0.3) is 176 Å². The summed E-state index contributed by atoms with van der Waals surface area (Å²) in [5, 5.41) is 18.7. The van der Waals surface area contributed by atoms with Crippen LogP contribution in [0.2, 0.25) is 0 Å². The lowest BCUT2D eigenvalue weighted by Gasteiger charge is -2.21. The number of hydrogen-bond donors (Lipinski definition) is 0. The Morgan fingerprint density at radius 3 is 0.915 bits per heavy atom. The number of nitrogens with zero attached hydrogens (tertiary/aromatic N) is 4. The first-order chi connectivity index (χ1) is 59.3. The average Bonchev–Trinajstić information content (AvgIpc) is 1.62. The van der Waals surface area contributed by atoms with Gasteiger partial charge in [-0.05, 0) is 250 Å². The van der Waals surface area contributed by atoms with E-state index < -0.39 is 19.1 Å². The molecule has 2 aliphatic carbocycles. The third-order valence-corrected chi connectivity index (χ3v) is 24.5. The Balaban J connectivity index is 0.000000108. The van der Waals surface area contributed by atoms with E-state index in [1.165, 1.54) is 77.1 Å². The van der Waals surface area contributed by atoms with E-state index in [0.29, 0.717) is 5.56 Å². The normalized spacial score (nSPS) is 14.7. The second kappa shape index (κ2) is 31.3. The third-order valence-electron chi connectivity index (χ3n) is 24.5. The van der Waals surface area contributed by atoms with Crippen LogP contribution in [0, 0.1) is 45.4 Å². The molecule has 578 valence electrons. The van der Waals surface area contributed by atoms with E-state index in [4.69, 9.17) is 25.9 Å². The lowest BCUT2D eigenvalue weighted by atomic mass is 9.85. The number of pyridine rings is 4. The molecule has 0 N–H and O–H groups in total. The number of aryl methyl sites for hydroxylation is 8. The molecule has 12 aromatic carbocycles. The molecule has 0 atom stereocenters. The van der Waals surface area contributed by atoms with Crippen LogP contribution in [-0.4, -0.2) is 0 Å². The highest BCUT2D eigenvalue weighted by molar-refractivity contribution is 6.15. The Labute approximate surface area is 692 Å². The minimum atomic E-state index is -1.39. The minimum Gasteiger partial charge on any atom is -0.456 e. The van der Waals surface area contributed by atoms with Gasteiger partial charge in [0.15, 0.2) is 24.8 Å². The molecular weight excluding hydrogens is 1430 g/mol. The Kier molecular flexibility index (Phi) is 18.1. The molecule has 0 saturated heterocycles. The molecule has 8 heterocycles. The lowest BCUT2D eigenvalue weighted by molar-refractivity contribution is -0.660. The topological polar surface area (TPSA) is 68.1 Å². The first kappa shape index (κ1) is 67.8. The quantitative estimate of drug-likeness (QED) is 0.128. The smallest absolute Gasteiger partial charge is 0.212 e. The molecule has 0 unspecified atom stereocenters. The number of aromatic nitrogens is 4. The summed E-state index contributed by atoms with van der Waals surface area (Å²) >= 11 is 0. The molecule has 0 spiro atoms. The van der Waals surface area contributed by atoms with Gasteiger partial charge in [-0.3, -0.25) is 0 Å². The summed E-state index contributed by atoms with van der Waals surface area (Å²) in [6, 6.07) is 86.4. The van der Waals surface area contributed by atoms with Gasteiger partial charge in [0, 0.05) is 105 Å². The highest BCUT2D eigenvalue weighted by Crippen LogP contribution is 2.42. The minimum absolute atomic E-state index is 0.0925. The molecule has 2 aliphatic rings. The van der Waals surface area contributed by atoms with Gasteiger partial charge in [0.25, 0.3) is 0 Å². The Morgan fingerprint density at radius 1 is 0.282 bits per heavy atom. The monoisotopic (exact) mass is 1540 g/mol. The maximum absolute atomic E-state index is 8.96. The van der Waals surface area contributed by atoms with Crippen molar-refractivity contribution >= 4 is 131 Å². The zero-order valence-electron chi connectivity index (χ0n) is 74.5. The van der Waals surface area contributed by atoms with Crippen molar-refractivity contribution in [3.63, 3.8) is 0 Å². The highest BCUT2D eigenvalue weighted by Gasteiger charge is 2.26. The van der Waals surface area contributed by atoms with Crippen LogP contribution >= 0.6 is 0 Å². The van der Waals surface area contributed by atoms with E-state index in [-0.39, 0.29) is 17.8 Å². The number of hydrogen-bond acceptors (Lipinski definition) is 4. The molecule has 20 aromatic rings. The van der Waals surface area contributed by atoms with Crippen LogP contribution in [-0.2, 0) is 47.3 Å². The maximum atomic E-state index is 8.96.